The molecule has 1 heterocycles. The SMILES string of the molecule is Cc1cccc(C(NN)c2cccnc2C)c1. The van der Waals surface area contributed by atoms with E-state index in [0.717, 1.165) is 16.8 Å². The standard InChI is InChI=1S/C14H17N3/c1-10-5-3-6-12(9-10)14(17-15)13-7-4-8-16-11(13)2/h3-9,14,17H,15H2,1-2H3. The second kappa shape index (κ2) is 5.08. The van der Waals surface area contributed by atoms with Gasteiger partial charge in [0.05, 0.1) is 6.04 Å². The van der Waals surface area contributed by atoms with Crippen molar-refractivity contribution in [3.63, 3.8) is 0 Å². The molecule has 2 rings (SSSR count). The van der Waals surface area contributed by atoms with Gasteiger partial charge < -0.3 is 0 Å². The van der Waals surface area contributed by atoms with Gasteiger partial charge in [0, 0.05) is 11.9 Å². The number of benzene rings is 1. The minimum atomic E-state index is -0.0106. The molecular weight excluding hydrogens is 210 g/mol. The maximum absolute atomic E-state index is 5.68. The number of rotatable bonds is 3. The Morgan fingerprint density at radius 1 is 1.18 bits per heavy atom. The summed E-state index contributed by atoms with van der Waals surface area (Å²) in [7, 11) is 0. The molecule has 1 unspecified atom stereocenters. The van der Waals surface area contributed by atoms with Crippen molar-refractivity contribution in [3.05, 3.63) is 65.0 Å². The van der Waals surface area contributed by atoms with Crippen LogP contribution in [0.3, 0.4) is 0 Å². The summed E-state index contributed by atoms with van der Waals surface area (Å²) < 4.78 is 0. The number of aromatic nitrogens is 1. The third kappa shape index (κ3) is 2.52. The number of nitrogens with one attached hydrogen (secondary N) is 1. The Balaban J connectivity index is 2.44. The lowest BCUT2D eigenvalue weighted by atomic mass is 9.97. The van der Waals surface area contributed by atoms with Crippen LogP contribution < -0.4 is 11.3 Å². The summed E-state index contributed by atoms with van der Waals surface area (Å²) in [5.74, 6) is 5.68. The van der Waals surface area contributed by atoms with Crippen LogP contribution in [0.5, 0.6) is 0 Å². The molecule has 0 bridgehead atoms. The normalized spacial score (nSPS) is 12.4. The Labute approximate surface area is 102 Å². The molecule has 3 N–H and O–H groups in total. The molecule has 1 aromatic carbocycles. The molecule has 0 spiro atoms. The summed E-state index contributed by atoms with van der Waals surface area (Å²) >= 11 is 0. The van der Waals surface area contributed by atoms with Gasteiger partial charge in [0.2, 0.25) is 0 Å². The second-order valence-corrected chi connectivity index (χ2v) is 4.19. The Kier molecular flexibility index (Phi) is 3.52. The molecule has 0 aliphatic rings. The first kappa shape index (κ1) is 11.8. The van der Waals surface area contributed by atoms with E-state index in [1.165, 1.54) is 5.56 Å². The Bertz CT molecular complexity index is 508. The highest BCUT2D eigenvalue weighted by Crippen LogP contribution is 2.23. The van der Waals surface area contributed by atoms with Crippen LogP contribution in [0.15, 0.2) is 42.6 Å². The average molecular weight is 227 g/mol. The number of aryl methyl sites for hydroxylation is 2. The number of nitrogens with zero attached hydrogens (tertiary/aromatic N) is 1. The first-order valence-corrected chi connectivity index (χ1v) is 5.66. The van der Waals surface area contributed by atoms with Gasteiger partial charge in [-0.2, -0.15) is 0 Å². The van der Waals surface area contributed by atoms with Crippen molar-refractivity contribution >= 4 is 0 Å². The van der Waals surface area contributed by atoms with E-state index in [-0.39, 0.29) is 6.04 Å². The molecule has 1 atom stereocenters. The van der Waals surface area contributed by atoms with Gasteiger partial charge in [0.15, 0.2) is 0 Å². The highest BCUT2D eigenvalue weighted by molar-refractivity contribution is 5.35. The fourth-order valence-electron chi connectivity index (χ4n) is 2.02. The van der Waals surface area contributed by atoms with Crippen LogP contribution in [-0.2, 0) is 0 Å². The number of hydrazine groups is 1. The smallest absolute Gasteiger partial charge is 0.0727 e. The predicted octanol–water partition coefficient (Wildman–Crippen LogP) is 2.25. The molecule has 17 heavy (non-hydrogen) atoms. The maximum atomic E-state index is 5.68. The van der Waals surface area contributed by atoms with Crippen molar-refractivity contribution in [2.24, 2.45) is 5.84 Å². The lowest BCUT2D eigenvalue weighted by Crippen LogP contribution is -2.29. The second-order valence-electron chi connectivity index (χ2n) is 4.19. The predicted molar refractivity (Wildman–Crippen MR) is 69.3 cm³/mol. The topological polar surface area (TPSA) is 50.9 Å². The van der Waals surface area contributed by atoms with Gasteiger partial charge in [-0.15, -0.1) is 0 Å². The molecular formula is C14H17N3. The molecule has 0 aliphatic carbocycles. The summed E-state index contributed by atoms with van der Waals surface area (Å²) in [6.07, 6.45) is 1.79. The zero-order valence-electron chi connectivity index (χ0n) is 10.1. The summed E-state index contributed by atoms with van der Waals surface area (Å²) in [6.45, 7) is 4.07. The Morgan fingerprint density at radius 2 is 2.00 bits per heavy atom. The average Bonchev–Trinajstić information content (AvgIpc) is 2.33. The first-order valence-electron chi connectivity index (χ1n) is 5.66. The molecule has 3 nitrogen and oxygen atoms in total. The molecule has 0 radical (unpaired) electrons. The summed E-state index contributed by atoms with van der Waals surface area (Å²) in [4.78, 5) is 4.30. The Morgan fingerprint density at radius 3 is 2.65 bits per heavy atom. The molecule has 0 saturated heterocycles. The molecule has 88 valence electrons. The van der Waals surface area contributed by atoms with Crippen molar-refractivity contribution in [1.82, 2.24) is 10.4 Å². The van der Waals surface area contributed by atoms with Gasteiger partial charge in [-0.3, -0.25) is 10.8 Å². The molecule has 2 aromatic rings. The first-order chi connectivity index (χ1) is 8.22. The molecule has 0 aliphatic heterocycles. The van der Waals surface area contributed by atoms with E-state index in [4.69, 9.17) is 5.84 Å². The van der Waals surface area contributed by atoms with E-state index < -0.39 is 0 Å². The lowest BCUT2D eigenvalue weighted by molar-refractivity contribution is 0.630. The zero-order valence-corrected chi connectivity index (χ0v) is 10.1. The van der Waals surface area contributed by atoms with Crippen LogP contribution in [0.4, 0.5) is 0 Å². The number of nitrogens with two attached hydrogens (primary N) is 1. The minimum Gasteiger partial charge on any atom is -0.271 e. The molecule has 0 fully saturated rings. The van der Waals surface area contributed by atoms with E-state index in [2.05, 4.69) is 41.6 Å². The molecule has 1 aromatic heterocycles. The largest absolute Gasteiger partial charge is 0.271 e. The van der Waals surface area contributed by atoms with Gasteiger partial charge >= 0.3 is 0 Å². The monoisotopic (exact) mass is 227 g/mol. The van der Waals surface area contributed by atoms with E-state index >= 15 is 0 Å². The highest BCUT2D eigenvalue weighted by atomic mass is 15.2. The van der Waals surface area contributed by atoms with Crippen LogP contribution in [-0.4, -0.2) is 4.98 Å². The number of pyridine rings is 1. The lowest BCUT2D eigenvalue weighted by Gasteiger charge is -2.18. The minimum absolute atomic E-state index is 0.0106. The summed E-state index contributed by atoms with van der Waals surface area (Å²) in [5.41, 5.74) is 7.35. The van der Waals surface area contributed by atoms with Crippen LogP contribution in [0.2, 0.25) is 0 Å². The molecule has 3 heteroatoms. The van der Waals surface area contributed by atoms with E-state index in [1.54, 1.807) is 6.20 Å². The van der Waals surface area contributed by atoms with Crippen LogP contribution in [0.1, 0.15) is 28.4 Å². The fourth-order valence-corrected chi connectivity index (χ4v) is 2.02. The fraction of sp³-hybridized carbons (Fsp3) is 0.214. The highest BCUT2D eigenvalue weighted by Gasteiger charge is 2.14. The third-order valence-electron chi connectivity index (χ3n) is 2.90. The van der Waals surface area contributed by atoms with Gasteiger partial charge in [0.1, 0.15) is 0 Å². The van der Waals surface area contributed by atoms with Crippen molar-refractivity contribution in [3.8, 4) is 0 Å². The van der Waals surface area contributed by atoms with Crippen molar-refractivity contribution < 1.29 is 0 Å². The van der Waals surface area contributed by atoms with E-state index in [9.17, 15) is 0 Å². The van der Waals surface area contributed by atoms with Crippen LogP contribution in [0, 0.1) is 13.8 Å². The quantitative estimate of drug-likeness (QED) is 0.624. The third-order valence-corrected chi connectivity index (χ3v) is 2.90. The Hall–Kier alpha value is -1.71. The van der Waals surface area contributed by atoms with Crippen molar-refractivity contribution in [1.29, 1.82) is 0 Å². The summed E-state index contributed by atoms with van der Waals surface area (Å²) in [6, 6.07) is 12.3. The molecule has 0 amide bonds. The van der Waals surface area contributed by atoms with Crippen molar-refractivity contribution in [2.45, 2.75) is 19.9 Å². The van der Waals surface area contributed by atoms with Gasteiger partial charge in [-0.25, -0.2) is 5.43 Å². The van der Waals surface area contributed by atoms with Crippen molar-refractivity contribution in [2.75, 3.05) is 0 Å². The van der Waals surface area contributed by atoms with Gasteiger partial charge in [-0.1, -0.05) is 35.9 Å². The maximum Gasteiger partial charge on any atom is 0.0727 e. The summed E-state index contributed by atoms with van der Waals surface area (Å²) in [5, 5.41) is 0. The number of hydrogen-bond donors (Lipinski definition) is 2. The van der Waals surface area contributed by atoms with Gasteiger partial charge in [0.25, 0.3) is 0 Å². The van der Waals surface area contributed by atoms with Crippen LogP contribution >= 0.6 is 0 Å². The number of hydrogen-bond acceptors (Lipinski definition) is 3. The molecule has 0 saturated carbocycles. The van der Waals surface area contributed by atoms with Crippen LogP contribution in [0.25, 0.3) is 0 Å². The zero-order chi connectivity index (χ0) is 12.3. The van der Waals surface area contributed by atoms with E-state index in [1.807, 2.05) is 19.1 Å². The van der Waals surface area contributed by atoms with Gasteiger partial charge in [-0.05, 0) is 31.0 Å². The van der Waals surface area contributed by atoms with E-state index in [0.29, 0.717) is 0 Å².